The second-order valence-electron chi connectivity index (χ2n) is 6.47. The molecule has 3 rings (SSSR count). The predicted molar refractivity (Wildman–Crippen MR) is 106 cm³/mol. The predicted octanol–water partition coefficient (Wildman–Crippen LogP) is 4.57. The van der Waals surface area contributed by atoms with Crippen LogP contribution in [0, 0.1) is 5.92 Å². The molecular weight excluding hydrogens is 338 g/mol. The summed E-state index contributed by atoms with van der Waals surface area (Å²) in [5, 5.41) is 0. The number of benzene rings is 2. The molecule has 0 fully saturated rings. The maximum absolute atomic E-state index is 12.6. The van der Waals surface area contributed by atoms with Gasteiger partial charge < -0.3 is 4.74 Å². The molecule has 1 aliphatic rings. The molecule has 2 aromatic rings. The van der Waals surface area contributed by atoms with Crippen molar-refractivity contribution < 1.29 is 14.3 Å². The molecule has 136 valence electrons. The van der Waals surface area contributed by atoms with Gasteiger partial charge in [-0.15, -0.1) is 0 Å². The number of esters is 1. The van der Waals surface area contributed by atoms with Crippen LogP contribution in [0.25, 0.3) is 5.57 Å². The number of allylic oxidation sites excluding steroid dienone is 3. The summed E-state index contributed by atoms with van der Waals surface area (Å²) >= 11 is 0. The van der Waals surface area contributed by atoms with E-state index >= 15 is 0 Å². The Morgan fingerprint density at radius 2 is 1.74 bits per heavy atom. The molecule has 0 unspecified atom stereocenters. The first-order valence-corrected chi connectivity index (χ1v) is 8.94. The summed E-state index contributed by atoms with van der Waals surface area (Å²) in [6.45, 7) is 2.08. The van der Waals surface area contributed by atoms with E-state index in [4.69, 9.17) is 4.74 Å². The van der Waals surface area contributed by atoms with Crippen molar-refractivity contribution >= 4 is 23.7 Å². The number of hydrogen-bond donors (Lipinski definition) is 0. The van der Waals surface area contributed by atoms with E-state index in [0.717, 1.165) is 29.4 Å². The highest BCUT2D eigenvalue weighted by atomic mass is 16.6. The second kappa shape index (κ2) is 8.90. The smallest absolute Gasteiger partial charge is 0.364 e. The number of aldehydes is 1. The fraction of sp³-hybridized carbons (Fsp3) is 0.174. The van der Waals surface area contributed by atoms with Gasteiger partial charge in [0.25, 0.3) is 0 Å². The Morgan fingerprint density at radius 3 is 2.41 bits per heavy atom. The Hall–Kier alpha value is -3.27. The van der Waals surface area contributed by atoms with Gasteiger partial charge in [-0.2, -0.15) is 0 Å². The Bertz CT molecular complexity index is 896. The number of carbonyl (C=O) groups excluding carboxylic acids is 2. The van der Waals surface area contributed by atoms with Gasteiger partial charge in [0.05, 0.1) is 0 Å². The Balaban J connectivity index is 1.98. The minimum absolute atomic E-state index is 0.243. The topological polar surface area (TPSA) is 55.7 Å². The van der Waals surface area contributed by atoms with Gasteiger partial charge in [-0.25, -0.2) is 9.79 Å². The normalized spacial score (nSPS) is 16.8. The molecule has 1 heterocycles. The molecule has 0 aliphatic carbocycles. The van der Waals surface area contributed by atoms with Gasteiger partial charge in [0, 0.05) is 5.56 Å². The Labute approximate surface area is 158 Å². The lowest BCUT2D eigenvalue weighted by Crippen LogP contribution is -2.07. The second-order valence-corrected chi connectivity index (χ2v) is 6.47. The fourth-order valence-corrected chi connectivity index (χ4v) is 2.99. The highest BCUT2D eigenvalue weighted by Gasteiger charge is 2.28. The quantitative estimate of drug-likeness (QED) is 0.413. The first kappa shape index (κ1) is 18.5. The van der Waals surface area contributed by atoms with E-state index < -0.39 is 5.97 Å². The molecule has 0 aromatic heterocycles. The number of rotatable bonds is 7. The molecule has 4 heteroatoms. The lowest BCUT2D eigenvalue weighted by molar-refractivity contribution is -0.130. The Morgan fingerprint density at radius 1 is 1.07 bits per heavy atom. The first-order chi connectivity index (χ1) is 13.2. The van der Waals surface area contributed by atoms with E-state index in [1.165, 1.54) is 6.08 Å². The van der Waals surface area contributed by atoms with Crippen LogP contribution in [0.3, 0.4) is 0 Å². The molecule has 0 radical (unpaired) electrons. The molecule has 0 saturated heterocycles. The third-order valence-corrected chi connectivity index (χ3v) is 4.33. The SMILES string of the molecule is C[C@H](C/C=C/C=O)C/C(=C1/N=C(c2ccccc2)OC1=O)c1ccccc1. The lowest BCUT2D eigenvalue weighted by Gasteiger charge is -2.14. The van der Waals surface area contributed by atoms with E-state index in [-0.39, 0.29) is 5.92 Å². The average Bonchev–Trinajstić information content (AvgIpc) is 3.09. The van der Waals surface area contributed by atoms with Gasteiger partial charge in [0.2, 0.25) is 5.90 Å². The number of carbonyl (C=O) groups is 2. The van der Waals surface area contributed by atoms with Crippen LogP contribution in [0.1, 0.15) is 30.9 Å². The zero-order chi connectivity index (χ0) is 19.1. The molecule has 2 aromatic carbocycles. The maximum Gasteiger partial charge on any atom is 0.364 e. The van der Waals surface area contributed by atoms with Crippen molar-refractivity contribution in [3.63, 3.8) is 0 Å². The number of nitrogens with zero attached hydrogens (tertiary/aromatic N) is 1. The van der Waals surface area contributed by atoms with Crippen LogP contribution in [-0.4, -0.2) is 18.2 Å². The summed E-state index contributed by atoms with van der Waals surface area (Å²) in [4.78, 5) is 27.6. The highest BCUT2D eigenvalue weighted by Crippen LogP contribution is 2.31. The molecule has 1 atom stereocenters. The van der Waals surface area contributed by atoms with Crippen molar-refractivity contribution in [3.05, 3.63) is 89.6 Å². The summed E-state index contributed by atoms with van der Waals surface area (Å²) < 4.78 is 5.44. The van der Waals surface area contributed by atoms with Crippen LogP contribution < -0.4 is 0 Å². The molecule has 0 N–H and O–H groups in total. The zero-order valence-electron chi connectivity index (χ0n) is 15.2. The van der Waals surface area contributed by atoms with Crippen molar-refractivity contribution in [2.45, 2.75) is 19.8 Å². The van der Waals surface area contributed by atoms with E-state index in [1.54, 1.807) is 0 Å². The molecular formula is C23H21NO3. The molecule has 0 spiro atoms. The van der Waals surface area contributed by atoms with Gasteiger partial charge in [0.1, 0.15) is 6.29 Å². The Kier molecular flexibility index (Phi) is 6.10. The molecule has 0 saturated carbocycles. The first-order valence-electron chi connectivity index (χ1n) is 8.94. The summed E-state index contributed by atoms with van der Waals surface area (Å²) in [6, 6.07) is 19.2. The number of cyclic esters (lactones) is 1. The minimum Gasteiger partial charge on any atom is -0.402 e. The van der Waals surface area contributed by atoms with E-state index in [9.17, 15) is 9.59 Å². The van der Waals surface area contributed by atoms with E-state index in [1.807, 2.05) is 66.7 Å². The molecule has 0 bridgehead atoms. The van der Waals surface area contributed by atoms with Crippen molar-refractivity contribution in [3.8, 4) is 0 Å². The van der Waals surface area contributed by atoms with Crippen LogP contribution in [0.4, 0.5) is 0 Å². The van der Waals surface area contributed by atoms with Crippen molar-refractivity contribution in [1.29, 1.82) is 0 Å². The summed E-state index contributed by atoms with van der Waals surface area (Å²) in [7, 11) is 0. The van der Waals surface area contributed by atoms with Gasteiger partial charge in [0.15, 0.2) is 5.70 Å². The van der Waals surface area contributed by atoms with Crippen LogP contribution in [0.2, 0.25) is 0 Å². The van der Waals surface area contributed by atoms with Crippen molar-refractivity contribution in [1.82, 2.24) is 0 Å². The largest absolute Gasteiger partial charge is 0.402 e. The molecule has 1 aliphatic heterocycles. The summed E-state index contributed by atoms with van der Waals surface area (Å²) in [5.41, 5.74) is 2.94. The fourth-order valence-electron chi connectivity index (χ4n) is 2.99. The van der Waals surface area contributed by atoms with Crippen LogP contribution in [0.15, 0.2) is 83.5 Å². The molecule has 27 heavy (non-hydrogen) atoms. The van der Waals surface area contributed by atoms with Crippen LogP contribution in [0.5, 0.6) is 0 Å². The molecule has 0 amide bonds. The number of ether oxygens (including phenoxy) is 1. The van der Waals surface area contributed by atoms with Gasteiger partial charge in [-0.05, 0) is 48.1 Å². The van der Waals surface area contributed by atoms with E-state index in [2.05, 4.69) is 11.9 Å². The minimum atomic E-state index is -0.427. The third-order valence-electron chi connectivity index (χ3n) is 4.33. The average molecular weight is 359 g/mol. The van der Waals surface area contributed by atoms with Gasteiger partial charge >= 0.3 is 5.97 Å². The summed E-state index contributed by atoms with van der Waals surface area (Å²) in [6.07, 6.45) is 5.52. The highest BCUT2D eigenvalue weighted by molar-refractivity contribution is 6.14. The van der Waals surface area contributed by atoms with E-state index in [0.29, 0.717) is 18.0 Å². The maximum atomic E-state index is 12.6. The lowest BCUT2D eigenvalue weighted by atomic mass is 9.91. The van der Waals surface area contributed by atoms with Crippen molar-refractivity contribution in [2.75, 3.05) is 0 Å². The molecule has 4 nitrogen and oxygen atoms in total. The monoisotopic (exact) mass is 359 g/mol. The van der Waals surface area contributed by atoms with Gasteiger partial charge in [-0.3, -0.25) is 4.79 Å². The standard InChI is InChI=1S/C23H21NO3/c1-17(10-8-9-15-25)16-20(18-11-4-2-5-12-18)21-23(26)27-22(24-21)19-13-6-3-7-14-19/h2-9,11-15,17H,10,16H2,1H3/b9-8+,21-20-/t17-/m1/s1. The number of aliphatic imine (C=N–C) groups is 1. The zero-order valence-corrected chi connectivity index (χ0v) is 15.2. The van der Waals surface area contributed by atoms with Gasteiger partial charge in [-0.1, -0.05) is 61.5 Å². The summed E-state index contributed by atoms with van der Waals surface area (Å²) in [5.74, 6) is 0.147. The van der Waals surface area contributed by atoms with Crippen molar-refractivity contribution in [2.24, 2.45) is 10.9 Å². The third kappa shape index (κ3) is 4.67. The number of hydrogen-bond acceptors (Lipinski definition) is 4. The van der Waals surface area contributed by atoms with Crippen LogP contribution >= 0.6 is 0 Å². The van der Waals surface area contributed by atoms with Crippen LogP contribution in [-0.2, 0) is 14.3 Å².